The molecule has 2 aliphatic rings. The van der Waals surface area contributed by atoms with Crippen molar-refractivity contribution in [2.24, 2.45) is 0 Å². The molecule has 0 amide bonds. The molecule has 1 atom stereocenters. The van der Waals surface area contributed by atoms with Gasteiger partial charge in [0.05, 0.1) is 0 Å². The Hall–Kier alpha value is -1.64. The zero-order valence-corrected chi connectivity index (χ0v) is 15.9. The average molecular weight is 349 g/mol. The summed E-state index contributed by atoms with van der Waals surface area (Å²) in [6.07, 6.45) is 6.77. The van der Waals surface area contributed by atoms with Crippen LogP contribution >= 0.6 is 0 Å². The Morgan fingerprint density at radius 3 is 2.12 bits per heavy atom. The van der Waals surface area contributed by atoms with Crippen LogP contribution in [0.3, 0.4) is 0 Å². The number of piperidine rings is 1. The molecule has 2 heterocycles. The predicted molar refractivity (Wildman–Crippen MR) is 110 cm³/mol. The Kier molecular flexibility index (Phi) is 6.03. The van der Waals surface area contributed by atoms with Crippen LogP contribution in [-0.4, -0.2) is 48.6 Å². The van der Waals surface area contributed by atoms with Crippen molar-refractivity contribution in [3.63, 3.8) is 0 Å². The van der Waals surface area contributed by atoms with Crippen molar-refractivity contribution in [2.45, 2.75) is 44.1 Å². The molecule has 2 aliphatic heterocycles. The molecule has 4 rings (SSSR count). The third-order valence-corrected chi connectivity index (χ3v) is 6.28. The molecule has 138 valence electrons. The molecular weight excluding hydrogens is 316 g/mol. The number of rotatable bonds is 5. The summed E-state index contributed by atoms with van der Waals surface area (Å²) in [5.41, 5.74) is 2.90. The van der Waals surface area contributed by atoms with Gasteiger partial charge in [0.15, 0.2) is 0 Å². The summed E-state index contributed by atoms with van der Waals surface area (Å²) < 4.78 is 0. The Morgan fingerprint density at radius 1 is 0.769 bits per heavy atom. The second kappa shape index (κ2) is 8.83. The van der Waals surface area contributed by atoms with Crippen LogP contribution < -0.4 is 0 Å². The molecule has 2 aromatic rings. The van der Waals surface area contributed by atoms with Crippen molar-refractivity contribution >= 4 is 0 Å². The van der Waals surface area contributed by atoms with Gasteiger partial charge in [0.2, 0.25) is 0 Å². The minimum atomic E-state index is 0.503. The van der Waals surface area contributed by atoms with E-state index in [-0.39, 0.29) is 0 Å². The summed E-state index contributed by atoms with van der Waals surface area (Å²) in [6.45, 7) is 6.38. The molecule has 0 aromatic heterocycles. The average Bonchev–Trinajstić information content (AvgIpc) is 2.92. The third kappa shape index (κ3) is 4.36. The second-order valence-electron chi connectivity index (χ2n) is 8.00. The van der Waals surface area contributed by atoms with Crippen LogP contribution in [0.4, 0.5) is 0 Å². The number of fused-ring (bicyclic) bond motifs is 1. The highest BCUT2D eigenvalue weighted by atomic mass is 15.2. The lowest BCUT2D eigenvalue weighted by Gasteiger charge is -2.35. The zero-order chi connectivity index (χ0) is 17.6. The Morgan fingerprint density at radius 2 is 1.42 bits per heavy atom. The third-order valence-electron chi connectivity index (χ3n) is 6.28. The van der Waals surface area contributed by atoms with E-state index < -0.39 is 0 Å². The number of hydrogen-bond acceptors (Lipinski definition) is 2. The van der Waals surface area contributed by atoms with Gasteiger partial charge in [-0.05, 0) is 63.0 Å². The largest absolute Gasteiger partial charge is 0.302 e. The standard InChI is InChI=1S/C24H32N2/c1-3-10-21(11-4-1)24(22-12-5-2-6-13-22)15-19-25-16-9-18-26-17-8-7-14-23(26)20-25/h1-6,10-13,23-24H,7-9,14-20H2. The fourth-order valence-corrected chi connectivity index (χ4v) is 4.86. The van der Waals surface area contributed by atoms with Gasteiger partial charge in [0.25, 0.3) is 0 Å². The van der Waals surface area contributed by atoms with Gasteiger partial charge in [0, 0.05) is 18.5 Å². The monoisotopic (exact) mass is 348 g/mol. The van der Waals surface area contributed by atoms with Gasteiger partial charge in [-0.3, -0.25) is 4.90 Å². The first-order chi connectivity index (χ1) is 12.9. The van der Waals surface area contributed by atoms with Gasteiger partial charge in [-0.2, -0.15) is 0 Å². The van der Waals surface area contributed by atoms with Crippen molar-refractivity contribution in [3.8, 4) is 0 Å². The molecule has 2 saturated heterocycles. The van der Waals surface area contributed by atoms with Crippen molar-refractivity contribution < 1.29 is 0 Å². The van der Waals surface area contributed by atoms with Crippen molar-refractivity contribution in [3.05, 3.63) is 71.8 Å². The highest BCUT2D eigenvalue weighted by Crippen LogP contribution is 2.29. The molecule has 0 N–H and O–H groups in total. The summed E-state index contributed by atoms with van der Waals surface area (Å²) in [4.78, 5) is 5.50. The van der Waals surface area contributed by atoms with E-state index >= 15 is 0 Å². The molecule has 0 aliphatic carbocycles. The second-order valence-corrected chi connectivity index (χ2v) is 8.00. The SMILES string of the molecule is c1ccc(C(CCN2CCCN3CCCCC3C2)c2ccccc2)cc1. The predicted octanol–water partition coefficient (Wildman–Crippen LogP) is 4.77. The van der Waals surface area contributed by atoms with Crippen molar-refractivity contribution in [1.29, 1.82) is 0 Å². The molecule has 0 spiro atoms. The molecule has 2 heteroatoms. The van der Waals surface area contributed by atoms with Gasteiger partial charge in [-0.15, -0.1) is 0 Å². The lowest BCUT2D eigenvalue weighted by molar-refractivity contribution is 0.136. The molecule has 26 heavy (non-hydrogen) atoms. The lowest BCUT2D eigenvalue weighted by atomic mass is 9.88. The maximum atomic E-state index is 2.76. The molecule has 2 fully saturated rings. The van der Waals surface area contributed by atoms with Gasteiger partial charge in [-0.1, -0.05) is 67.1 Å². The molecule has 0 bridgehead atoms. The maximum absolute atomic E-state index is 2.76. The molecule has 1 unspecified atom stereocenters. The summed E-state index contributed by atoms with van der Waals surface area (Å²) in [5.74, 6) is 0.503. The molecule has 0 radical (unpaired) electrons. The van der Waals surface area contributed by atoms with E-state index in [0.29, 0.717) is 5.92 Å². The van der Waals surface area contributed by atoms with E-state index in [9.17, 15) is 0 Å². The van der Waals surface area contributed by atoms with Crippen LogP contribution in [0.1, 0.15) is 49.1 Å². The number of benzene rings is 2. The van der Waals surface area contributed by atoms with E-state index in [1.165, 1.54) is 76.0 Å². The van der Waals surface area contributed by atoms with Crippen molar-refractivity contribution in [2.75, 3.05) is 32.7 Å². The summed E-state index contributed by atoms with van der Waals surface area (Å²) in [6, 6.07) is 22.9. The minimum absolute atomic E-state index is 0.503. The topological polar surface area (TPSA) is 6.48 Å². The van der Waals surface area contributed by atoms with Gasteiger partial charge < -0.3 is 4.90 Å². The highest BCUT2D eigenvalue weighted by Gasteiger charge is 2.27. The first-order valence-corrected chi connectivity index (χ1v) is 10.5. The van der Waals surface area contributed by atoms with Gasteiger partial charge in [0.1, 0.15) is 0 Å². The quantitative estimate of drug-likeness (QED) is 0.768. The van der Waals surface area contributed by atoms with Gasteiger partial charge in [-0.25, -0.2) is 0 Å². The normalized spacial score (nSPS) is 22.1. The number of nitrogens with zero attached hydrogens (tertiary/aromatic N) is 2. The van der Waals surface area contributed by atoms with Crippen LogP contribution in [0, 0.1) is 0 Å². The maximum Gasteiger partial charge on any atom is 0.0223 e. The molecular formula is C24H32N2. The fourth-order valence-electron chi connectivity index (χ4n) is 4.86. The first-order valence-electron chi connectivity index (χ1n) is 10.5. The van der Waals surface area contributed by atoms with Crippen LogP contribution in [0.15, 0.2) is 60.7 Å². The fraction of sp³-hybridized carbons (Fsp3) is 0.500. The van der Waals surface area contributed by atoms with E-state index in [1.807, 2.05) is 0 Å². The Labute approximate surface area is 158 Å². The molecule has 2 aromatic carbocycles. The van der Waals surface area contributed by atoms with Crippen LogP contribution in [0.5, 0.6) is 0 Å². The molecule has 2 nitrogen and oxygen atoms in total. The van der Waals surface area contributed by atoms with E-state index in [2.05, 4.69) is 70.5 Å². The Bertz CT molecular complexity index is 615. The minimum Gasteiger partial charge on any atom is -0.302 e. The summed E-state index contributed by atoms with van der Waals surface area (Å²) in [7, 11) is 0. The summed E-state index contributed by atoms with van der Waals surface area (Å²) >= 11 is 0. The smallest absolute Gasteiger partial charge is 0.0223 e. The van der Waals surface area contributed by atoms with E-state index in [0.717, 1.165) is 6.04 Å². The van der Waals surface area contributed by atoms with E-state index in [4.69, 9.17) is 0 Å². The highest BCUT2D eigenvalue weighted by molar-refractivity contribution is 5.32. The van der Waals surface area contributed by atoms with E-state index in [1.54, 1.807) is 0 Å². The van der Waals surface area contributed by atoms with Crippen LogP contribution in [0.25, 0.3) is 0 Å². The first kappa shape index (κ1) is 17.8. The number of hydrogen-bond donors (Lipinski definition) is 0. The zero-order valence-electron chi connectivity index (χ0n) is 15.9. The van der Waals surface area contributed by atoms with Crippen LogP contribution in [-0.2, 0) is 0 Å². The van der Waals surface area contributed by atoms with Gasteiger partial charge >= 0.3 is 0 Å². The Balaban J connectivity index is 1.44. The van der Waals surface area contributed by atoms with Crippen molar-refractivity contribution in [1.82, 2.24) is 9.80 Å². The summed E-state index contributed by atoms with van der Waals surface area (Å²) in [5, 5.41) is 0. The van der Waals surface area contributed by atoms with Crippen LogP contribution in [0.2, 0.25) is 0 Å². The molecule has 0 saturated carbocycles. The lowest BCUT2D eigenvalue weighted by Crippen LogP contribution is -2.44.